The predicted molar refractivity (Wildman–Crippen MR) is 65.3 cm³/mol. The number of ether oxygens (including phenoxy) is 1. The highest BCUT2D eigenvalue weighted by Crippen LogP contribution is 2.05. The number of aryl methyl sites for hydroxylation is 1. The SMILES string of the molecule is CCCn1ccnc1CNCC(C)(C)OC. The summed E-state index contributed by atoms with van der Waals surface area (Å²) in [5.74, 6) is 1.09. The van der Waals surface area contributed by atoms with Gasteiger partial charge in [0.2, 0.25) is 0 Å². The van der Waals surface area contributed by atoms with E-state index in [4.69, 9.17) is 4.74 Å². The van der Waals surface area contributed by atoms with Crippen LogP contribution in [-0.4, -0.2) is 28.8 Å². The van der Waals surface area contributed by atoms with Crippen molar-refractivity contribution in [3.63, 3.8) is 0 Å². The molecule has 16 heavy (non-hydrogen) atoms. The Kier molecular flexibility index (Phi) is 4.96. The van der Waals surface area contributed by atoms with E-state index < -0.39 is 0 Å². The molecule has 92 valence electrons. The molecule has 0 spiro atoms. The predicted octanol–water partition coefficient (Wildman–Crippen LogP) is 1.81. The molecule has 1 rings (SSSR count). The minimum absolute atomic E-state index is 0.123. The minimum Gasteiger partial charge on any atom is -0.377 e. The zero-order chi connectivity index (χ0) is 12.0. The monoisotopic (exact) mass is 225 g/mol. The molecule has 4 heteroatoms. The van der Waals surface area contributed by atoms with E-state index >= 15 is 0 Å². The maximum Gasteiger partial charge on any atom is 0.122 e. The Balaban J connectivity index is 2.39. The fraction of sp³-hybridized carbons (Fsp3) is 0.750. The Labute approximate surface area is 98.0 Å². The molecule has 0 saturated heterocycles. The van der Waals surface area contributed by atoms with Crippen molar-refractivity contribution in [2.75, 3.05) is 13.7 Å². The Hall–Kier alpha value is -0.870. The Morgan fingerprint density at radius 1 is 1.50 bits per heavy atom. The van der Waals surface area contributed by atoms with Crippen LogP contribution in [0.3, 0.4) is 0 Å². The number of nitrogens with one attached hydrogen (secondary N) is 1. The van der Waals surface area contributed by atoms with E-state index in [1.807, 2.05) is 12.4 Å². The number of hydrogen-bond donors (Lipinski definition) is 1. The summed E-state index contributed by atoms with van der Waals surface area (Å²) in [5, 5.41) is 3.37. The van der Waals surface area contributed by atoms with Crippen molar-refractivity contribution in [2.45, 2.75) is 45.9 Å². The molecule has 0 unspecified atom stereocenters. The fourth-order valence-electron chi connectivity index (χ4n) is 1.50. The Morgan fingerprint density at radius 2 is 2.25 bits per heavy atom. The fourth-order valence-corrected chi connectivity index (χ4v) is 1.50. The molecule has 0 aromatic carbocycles. The van der Waals surface area contributed by atoms with Gasteiger partial charge in [-0.05, 0) is 20.3 Å². The van der Waals surface area contributed by atoms with Gasteiger partial charge in [0.05, 0.1) is 12.1 Å². The van der Waals surface area contributed by atoms with Gasteiger partial charge in [0, 0.05) is 32.6 Å². The average molecular weight is 225 g/mol. The third kappa shape index (κ3) is 3.94. The first kappa shape index (κ1) is 13.2. The van der Waals surface area contributed by atoms with Gasteiger partial charge < -0.3 is 14.6 Å². The maximum absolute atomic E-state index is 5.35. The van der Waals surface area contributed by atoms with E-state index in [-0.39, 0.29) is 5.60 Å². The molecule has 0 saturated carbocycles. The van der Waals surface area contributed by atoms with Crippen molar-refractivity contribution in [3.05, 3.63) is 18.2 Å². The average Bonchev–Trinajstić information content (AvgIpc) is 2.66. The first-order valence-electron chi connectivity index (χ1n) is 5.85. The number of nitrogens with zero attached hydrogens (tertiary/aromatic N) is 2. The summed E-state index contributed by atoms with van der Waals surface area (Å²) in [4.78, 5) is 4.34. The van der Waals surface area contributed by atoms with Crippen LogP contribution >= 0.6 is 0 Å². The van der Waals surface area contributed by atoms with Crippen LogP contribution < -0.4 is 5.32 Å². The molecule has 1 aromatic heterocycles. The summed E-state index contributed by atoms with van der Waals surface area (Å²) in [6.07, 6.45) is 5.02. The quantitative estimate of drug-likeness (QED) is 0.769. The van der Waals surface area contributed by atoms with Crippen LogP contribution in [0.4, 0.5) is 0 Å². The first-order valence-corrected chi connectivity index (χ1v) is 5.85. The molecule has 0 radical (unpaired) electrons. The molecular formula is C12H23N3O. The van der Waals surface area contributed by atoms with Gasteiger partial charge in [-0.25, -0.2) is 4.98 Å². The van der Waals surface area contributed by atoms with E-state index in [0.29, 0.717) is 0 Å². The van der Waals surface area contributed by atoms with Crippen LogP contribution in [-0.2, 0) is 17.8 Å². The molecule has 1 N–H and O–H groups in total. The van der Waals surface area contributed by atoms with Gasteiger partial charge in [0.1, 0.15) is 5.82 Å². The van der Waals surface area contributed by atoms with Crippen LogP contribution in [0.25, 0.3) is 0 Å². The molecule has 0 amide bonds. The lowest BCUT2D eigenvalue weighted by atomic mass is 10.1. The molecule has 0 aliphatic heterocycles. The van der Waals surface area contributed by atoms with Gasteiger partial charge in [-0.15, -0.1) is 0 Å². The van der Waals surface area contributed by atoms with Crippen LogP contribution in [0.2, 0.25) is 0 Å². The van der Waals surface area contributed by atoms with Crippen molar-refractivity contribution < 1.29 is 4.74 Å². The van der Waals surface area contributed by atoms with Crippen LogP contribution in [0, 0.1) is 0 Å². The van der Waals surface area contributed by atoms with E-state index in [1.165, 1.54) is 0 Å². The first-order chi connectivity index (χ1) is 7.59. The molecule has 4 nitrogen and oxygen atoms in total. The second-order valence-electron chi connectivity index (χ2n) is 4.60. The largest absolute Gasteiger partial charge is 0.377 e. The lowest BCUT2D eigenvalue weighted by Gasteiger charge is -2.23. The smallest absolute Gasteiger partial charge is 0.122 e. The van der Waals surface area contributed by atoms with Gasteiger partial charge in [0.15, 0.2) is 0 Å². The summed E-state index contributed by atoms with van der Waals surface area (Å²) in [6, 6.07) is 0. The number of aromatic nitrogens is 2. The lowest BCUT2D eigenvalue weighted by Crippen LogP contribution is -2.36. The van der Waals surface area contributed by atoms with E-state index in [9.17, 15) is 0 Å². The highest BCUT2D eigenvalue weighted by Gasteiger charge is 2.15. The summed E-state index contributed by atoms with van der Waals surface area (Å²) in [5.41, 5.74) is -0.123. The Morgan fingerprint density at radius 3 is 2.88 bits per heavy atom. The molecule has 1 aromatic rings. The summed E-state index contributed by atoms with van der Waals surface area (Å²) >= 11 is 0. The maximum atomic E-state index is 5.35. The zero-order valence-electron chi connectivity index (χ0n) is 10.8. The van der Waals surface area contributed by atoms with Gasteiger partial charge in [-0.1, -0.05) is 6.92 Å². The van der Waals surface area contributed by atoms with Gasteiger partial charge in [-0.2, -0.15) is 0 Å². The molecule has 0 bridgehead atoms. The van der Waals surface area contributed by atoms with Crippen LogP contribution in [0.5, 0.6) is 0 Å². The number of methoxy groups -OCH3 is 1. The summed E-state index contributed by atoms with van der Waals surface area (Å²) in [6.45, 7) is 8.95. The van der Waals surface area contributed by atoms with Crippen LogP contribution in [0.1, 0.15) is 33.0 Å². The van der Waals surface area contributed by atoms with Gasteiger partial charge in [0.25, 0.3) is 0 Å². The molecule has 0 fully saturated rings. The normalized spacial score (nSPS) is 12.0. The molecule has 1 heterocycles. The summed E-state index contributed by atoms with van der Waals surface area (Å²) < 4.78 is 7.53. The van der Waals surface area contributed by atoms with Crippen molar-refractivity contribution in [2.24, 2.45) is 0 Å². The van der Waals surface area contributed by atoms with E-state index in [0.717, 1.165) is 31.9 Å². The lowest BCUT2D eigenvalue weighted by molar-refractivity contribution is 0.0229. The third-order valence-electron chi connectivity index (χ3n) is 2.65. The van der Waals surface area contributed by atoms with Crippen molar-refractivity contribution in [3.8, 4) is 0 Å². The number of hydrogen-bond acceptors (Lipinski definition) is 3. The van der Waals surface area contributed by atoms with Crippen LogP contribution in [0.15, 0.2) is 12.4 Å². The van der Waals surface area contributed by atoms with Gasteiger partial charge >= 0.3 is 0 Å². The van der Waals surface area contributed by atoms with Gasteiger partial charge in [-0.3, -0.25) is 0 Å². The number of imidazole rings is 1. The second kappa shape index (κ2) is 6.01. The van der Waals surface area contributed by atoms with Crippen molar-refractivity contribution in [1.29, 1.82) is 0 Å². The second-order valence-corrected chi connectivity index (χ2v) is 4.60. The minimum atomic E-state index is -0.123. The molecule has 0 aliphatic carbocycles. The van der Waals surface area contributed by atoms with Crippen molar-refractivity contribution >= 4 is 0 Å². The Bertz CT molecular complexity index is 307. The van der Waals surface area contributed by atoms with E-state index in [2.05, 4.69) is 35.6 Å². The standard InChI is InChI=1S/C12H23N3O/c1-5-7-15-8-6-14-11(15)9-13-10-12(2,3)16-4/h6,8,13H,5,7,9-10H2,1-4H3. The van der Waals surface area contributed by atoms with Crippen molar-refractivity contribution in [1.82, 2.24) is 14.9 Å². The molecule has 0 aliphatic rings. The zero-order valence-corrected chi connectivity index (χ0v) is 10.8. The third-order valence-corrected chi connectivity index (χ3v) is 2.65. The van der Waals surface area contributed by atoms with E-state index in [1.54, 1.807) is 7.11 Å². The highest BCUT2D eigenvalue weighted by atomic mass is 16.5. The highest BCUT2D eigenvalue weighted by molar-refractivity contribution is 4.92. The molecular weight excluding hydrogens is 202 g/mol. The molecule has 0 atom stereocenters. The topological polar surface area (TPSA) is 39.1 Å². The number of rotatable bonds is 7. The summed E-state index contributed by atoms with van der Waals surface area (Å²) in [7, 11) is 1.74.